The molecule has 1 saturated heterocycles. The predicted molar refractivity (Wildman–Crippen MR) is 212 cm³/mol. The number of fused-ring (bicyclic) bond motifs is 2. The number of esters is 1. The Hall–Kier alpha value is -3.48. The van der Waals surface area contributed by atoms with Gasteiger partial charge in [0, 0.05) is 66.2 Å². The molecule has 3 heterocycles. The summed E-state index contributed by atoms with van der Waals surface area (Å²) in [6, 6.07) is 14.2. The third-order valence-electron chi connectivity index (χ3n) is 10.1. The zero-order valence-corrected chi connectivity index (χ0v) is 33.1. The molecule has 3 aromatic carbocycles. The second kappa shape index (κ2) is 18.2. The fraction of sp³-hybridized carbons (Fsp3) is 0.463. The first-order valence-electron chi connectivity index (χ1n) is 18.7. The molecule has 1 atom stereocenters. The number of morpholine rings is 1. The van der Waals surface area contributed by atoms with Gasteiger partial charge in [0.05, 0.1) is 48.8 Å². The minimum Gasteiger partial charge on any atom is -0.493 e. The van der Waals surface area contributed by atoms with E-state index in [9.17, 15) is 14.3 Å². The average molecular weight is 812 g/mol. The highest BCUT2D eigenvalue weighted by atomic mass is 79.9. The van der Waals surface area contributed by atoms with Gasteiger partial charge in [-0.05, 0) is 86.7 Å². The number of hydrogen-bond acceptors (Lipinski definition) is 7. The van der Waals surface area contributed by atoms with Crippen molar-refractivity contribution < 1.29 is 28.5 Å². The number of aliphatic hydroxyl groups excluding tert-OH is 1. The summed E-state index contributed by atoms with van der Waals surface area (Å²) in [4.78, 5) is 16.3. The van der Waals surface area contributed by atoms with Crippen LogP contribution in [-0.2, 0) is 35.9 Å². The number of aliphatic hydroxyl groups is 1. The summed E-state index contributed by atoms with van der Waals surface area (Å²) in [5, 5.41) is 20.6. The third-order valence-corrected chi connectivity index (χ3v) is 10.9. The quantitative estimate of drug-likeness (QED) is 0.0571. The van der Waals surface area contributed by atoms with Crippen molar-refractivity contribution >= 4 is 55.2 Å². The fourth-order valence-electron chi connectivity index (χ4n) is 7.55. The van der Waals surface area contributed by atoms with E-state index in [1.807, 2.05) is 49.0 Å². The van der Waals surface area contributed by atoms with E-state index in [0.29, 0.717) is 74.2 Å². The Kier molecular flexibility index (Phi) is 13.5. The van der Waals surface area contributed by atoms with Gasteiger partial charge in [-0.3, -0.25) is 9.58 Å². The maximum absolute atomic E-state index is 14.0. The number of rotatable bonds is 17. The first kappa shape index (κ1) is 39.2. The van der Waals surface area contributed by atoms with Crippen molar-refractivity contribution in [2.45, 2.75) is 65.0 Å². The second-order valence-electron chi connectivity index (χ2n) is 13.4. The van der Waals surface area contributed by atoms with Crippen molar-refractivity contribution in [3.8, 4) is 16.9 Å². The number of nitrogens with zero attached hydrogens (tertiary/aromatic N) is 4. The zero-order valence-electron chi connectivity index (χ0n) is 30.8. The van der Waals surface area contributed by atoms with Gasteiger partial charge in [0.1, 0.15) is 17.3 Å². The highest BCUT2D eigenvalue weighted by Crippen LogP contribution is 2.44. The van der Waals surface area contributed by atoms with E-state index < -0.39 is 6.10 Å². The molecule has 6 rings (SSSR count). The molecule has 0 saturated carbocycles. The van der Waals surface area contributed by atoms with Crippen LogP contribution in [-0.4, -0.2) is 81.7 Å². The monoisotopic (exact) mass is 810 g/mol. The van der Waals surface area contributed by atoms with Crippen LogP contribution in [0.4, 0.5) is 4.39 Å². The lowest BCUT2D eigenvalue weighted by Crippen LogP contribution is -2.37. The van der Waals surface area contributed by atoms with Gasteiger partial charge in [-0.2, -0.15) is 5.10 Å². The van der Waals surface area contributed by atoms with Gasteiger partial charge in [-0.15, -0.1) is 0 Å². The van der Waals surface area contributed by atoms with Gasteiger partial charge < -0.3 is 23.9 Å². The number of halogens is 3. The number of hydrogen-bond donors (Lipinski definition) is 1. The summed E-state index contributed by atoms with van der Waals surface area (Å²) < 4.78 is 35.3. The van der Waals surface area contributed by atoms with Crippen molar-refractivity contribution in [2.24, 2.45) is 7.05 Å². The molecule has 1 fully saturated rings. The smallest absolute Gasteiger partial charge is 0.355 e. The van der Waals surface area contributed by atoms with Crippen LogP contribution in [0.15, 0.2) is 48.5 Å². The molecule has 9 nitrogen and oxygen atoms in total. The minimum atomic E-state index is -0.825. The first-order chi connectivity index (χ1) is 25.8. The summed E-state index contributed by atoms with van der Waals surface area (Å²) in [6.45, 7) is 8.86. The maximum atomic E-state index is 14.0. The molecule has 53 heavy (non-hydrogen) atoms. The van der Waals surface area contributed by atoms with E-state index in [1.54, 1.807) is 6.07 Å². The Balaban J connectivity index is 1.43. The fourth-order valence-corrected chi connectivity index (χ4v) is 8.19. The second-order valence-corrected chi connectivity index (χ2v) is 14.6. The summed E-state index contributed by atoms with van der Waals surface area (Å²) in [6.07, 6.45) is 3.24. The van der Waals surface area contributed by atoms with Crippen LogP contribution >= 0.6 is 27.5 Å². The van der Waals surface area contributed by atoms with E-state index in [1.165, 1.54) is 12.1 Å². The van der Waals surface area contributed by atoms with Crippen LogP contribution in [0.5, 0.6) is 5.75 Å². The standard InChI is InChI=1S/C41H49BrClFN4O5/c1-4-33-37(38(45-46(33)3)34(49)17-20-47-21-24-51-25-22-47)36-32(43)16-15-31-30(40(41(50)52-5-2)48(39(31)36)19-7-6-18-42)11-9-23-53-35-12-8-10-27-26-28(44)13-14-29(27)35/h8,10,12-16,26,34,49H,4-7,9,11,17-25H2,1-3H3/t34-/m1/s1. The number of carbonyl (C=O) groups excluding carboxylic acids is 1. The Morgan fingerprint density at radius 1 is 1.06 bits per heavy atom. The molecule has 2 aromatic heterocycles. The molecule has 1 aliphatic heterocycles. The van der Waals surface area contributed by atoms with Gasteiger partial charge in [0.25, 0.3) is 0 Å². The largest absolute Gasteiger partial charge is 0.493 e. The Bertz CT molecular complexity index is 2040. The van der Waals surface area contributed by atoms with Crippen molar-refractivity contribution in [2.75, 3.05) is 51.4 Å². The lowest BCUT2D eigenvalue weighted by atomic mass is 9.95. The van der Waals surface area contributed by atoms with Crippen LogP contribution in [0.2, 0.25) is 5.02 Å². The van der Waals surface area contributed by atoms with Gasteiger partial charge >= 0.3 is 5.97 Å². The molecule has 1 aliphatic rings. The Labute approximate surface area is 324 Å². The van der Waals surface area contributed by atoms with Gasteiger partial charge in [-0.1, -0.05) is 52.7 Å². The van der Waals surface area contributed by atoms with Crippen LogP contribution in [0.3, 0.4) is 0 Å². The van der Waals surface area contributed by atoms with E-state index in [-0.39, 0.29) is 18.4 Å². The van der Waals surface area contributed by atoms with Crippen LogP contribution in [0.25, 0.3) is 32.8 Å². The Morgan fingerprint density at radius 2 is 1.85 bits per heavy atom. The molecular formula is C41H49BrClFN4O5. The topological polar surface area (TPSA) is 91.0 Å². The lowest BCUT2D eigenvalue weighted by Gasteiger charge is -2.27. The van der Waals surface area contributed by atoms with Crippen LogP contribution < -0.4 is 4.74 Å². The van der Waals surface area contributed by atoms with Gasteiger partial charge in [0.15, 0.2) is 0 Å². The number of aromatic nitrogens is 3. The maximum Gasteiger partial charge on any atom is 0.355 e. The number of alkyl halides is 1. The average Bonchev–Trinajstić information content (AvgIpc) is 3.66. The molecule has 0 radical (unpaired) electrons. The lowest BCUT2D eigenvalue weighted by molar-refractivity contribution is 0.0297. The number of carbonyl (C=O) groups is 1. The molecule has 5 aromatic rings. The molecule has 0 bridgehead atoms. The number of benzene rings is 3. The van der Waals surface area contributed by atoms with Crippen molar-refractivity contribution in [3.05, 3.63) is 82.0 Å². The predicted octanol–water partition coefficient (Wildman–Crippen LogP) is 8.67. The molecule has 0 unspecified atom stereocenters. The van der Waals surface area contributed by atoms with Crippen molar-refractivity contribution in [1.29, 1.82) is 0 Å². The molecule has 0 aliphatic carbocycles. The van der Waals surface area contributed by atoms with E-state index >= 15 is 0 Å². The molecule has 284 valence electrons. The number of ether oxygens (including phenoxy) is 3. The van der Waals surface area contributed by atoms with Crippen molar-refractivity contribution in [3.63, 3.8) is 0 Å². The summed E-state index contributed by atoms with van der Waals surface area (Å²) in [5.41, 5.74) is 5.35. The van der Waals surface area contributed by atoms with Crippen LogP contribution in [0, 0.1) is 5.82 Å². The number of unbranched alkanes of at least 4 members (excludes halogenated alkanes) is 1. The van der Waals surface area contributed by atoms with E-state index in [2.05, 4.69) is 32.3 Å². The summed E-state index contributed by atoms with van der Waals surface area (Å²) in [7, 11) is 1.91. The third kappa shape index (κ3) is 8.60. The highest BCUT2D eigenvalue weighted by Gasteiger charge is 2.31. The summed E-state index contributed by atoms with van der Waals surface area (Å²) in [5.74, 6) is 0.00662. The normalized spacial score (nSPS) is 14.3. The Morgan fingerprint density at radius 3 is 2.60 bits per heavy atom. The molecule has 12 heteroatoms. The zero-order chi connectivity index (χ0) is 37.5. The van der Waals surface area contributed by atoms with Gasteiger partial charge in [0.2, 0.25) is 0 Å². The first-order valence-corrected chi connectivity index (χ1v) is 20.2. The van der Waals surface area contributed by atoms with E-state index in [0.717, 1.165) is 81.9 Å². The molecule has 0 amide bonds. The molecule has 1 N–H and O–H groups in total. The SMILES string of the molecule is CCOC(=O)c1c(CCCOc2cccc3cc(F)ccc23)c2ccc(Cl)c(-c3c([C@H](O)CCN4CCOCC4)nn(C)c3CC)c2n1CCCCBr. The minimum absolute atomic E-state index is 0.238. The van der Waals surface area contributed by atoms with Crippen LogP contribution in [0.1, 0.15) is 73.1 Å². The van der Waals surface area contributed by atoms with Gasteiger partial charge in [-0.25, -0.2) is 9.18 Å². The highest BCUT2D eigenvalue weighted by molar-refractivity contribution is 9.09. The molecular weight excluding hydrogens is 763 g/mol. The van der Waals surface area contributed by atoms with Crippen molar-refractivity contribution in [1.82, 2.24) is 19.2 Å². The van der Waals surface area contributed by atoms with E-state index in [4.69, 9.17) is 30.9 Å². The number of aryl methyl sites for hydroxylation is 3. The summed E-state index contributed by atoms with van der Waals surface area (Å²) >= 11 is 10.8. The molecule has 0 spiro atoms.